The van der Waals surface area contributed by atoms with Crippen LogP contribution in [-0.2, 0) is 9.53 Å². The molecule has 0 amide bonds. The standard InChI is InChI=1S/C13H18N4O2/c1-8(18)19-13(14)4-2-9(13)11-7-16-10-3-5-15-6-12(10)17-11/h3,5-6,9,11,16-17H,2,4,7,14H2,1H3. The summed E-state index contributed by atoms with van der Waals surface area (Å²) in [4.78, 5) is 15.2. The first-order valence-corrected chi connectivity index (χ1v) is 6.51. The average Bonchev–Trinajstić information content (AvgIpc) is 2.36. The molecule has 1 aliphatic heterocycles. The number of rotatable bonds is 2. The summed E-state index contributed by atoms with van der Waals surface area (Å²) in [5.41, 5.74) is 7.35. The fourth-order valence-corrected chi connectivity index (χ4v) is 2.91. The van der Waals surface area contributed by atoms with Crippen molar-refractivity contribution in [3.63, 3.8) is 0 Å². The monoisotopic (exact) mass is 262 g/mol. The molecule has 0 saturated heterocycles. The average molecular weight is 262 g/mol. The minimum atomic E-state index is -0.828. The van der Waals surface area contributed by atoms with E-state index in [1.54, 1.807) is 12.4 Å². The second-order valence-corrected chi connectivity index (χ2v) is 5.25. The van der Waals surface area contributed by atoms with Crippen LogP contribution in [0.2, 0.25) is 0 Å². The molecule has 6 heteroatoms. The van der Waals surface area contributed by atoms with Crippen LogP contribution in [-0.4, -0.2) is 29.3 Å². The van der Waals surface area contributed by atoms with Crippen molar-refractivity contribution in [2.45, 2.75) is 31.5 Å². The third-order valence-electron chi connectivity index (χ3n) is 3.97. The maximum Gasteiger partial charge on any atom is 0.304 e. The van der Waals surface area contributed by atoms with Gasteiger partial charge in [-0.25, -0.2) is 0 Å². The van der Waals surface area contributed by atoms with E-state index < -0.39 is 5.72 Å². The fraction of sp³-hybridized carbons (Fsp3) is 0.538. The van der Waals surface area contributed by atoms with E-state index in [1.807, 2.05) is 6.07 Å². The predicted octanol–water partition coefficient (Wildman–Crippen LogP) is 0.916. The zero-order valence-electron chi connectivity index (χ0n) is 10.8. The van der Waals surface area contributed by atoms with Gasteiger partial charge in [-0.05, 0) is 12.5 Å². The van der Waals surface area contributed by atoms with Crippen LogP contribution in [0.1, 0.15) is 19.8 Å². The van der Waals surface area contributed by atoms with Crippen LogP contribution in [0.3, 0.4) is 0 Å². The molecule has 6 nitrogen and oxygen atoms in total. The van der Waals surface area contributed by atoms with Crippen LogP contribution in [0.4, 0.5) is 11.4 Å². The Morgan fingerprint density at radius 3 is 3.11 bits per heavy atom. The molecular formula is C13H18N4O2. The number of nitrogens with two attached hydrogens (primary N) is 1. The molecule has 1 saturated carbocycles. The van der Waals surface area contributed by atoms with Gasteiger partial charge in [0.1, 0.15) is 0 Å². The van der Waals surface area contributed by atoms with Crippen LogP contribution in [0.15, 0.2) is 18.5 Å². The number of nitrogens with one attached hydrogen (secondary N) is 2. The largest absolute Gasteiger partial charge is 0.444 e. The quantitative estimate of drug-likeness (QED) is 0.542. The second kappa shape index (κ2) is 4.38. The number of pyridine rings is 1. The Hall–Kier alpha value is -1.82. The van der Waals surface area contributed by atoms with Crippen molar-refractivity contribution in [3.8, 4) is 0 Å². The zero-order chi connectivity index (χ0) is 13.5. The molecule has 1 fully saturated rings. The molecule has 0 bridgehead atoms. The van der Waals surface area contributed by atoms with Gasteiger partial charge < -0.3 is 15.4 Å². The molecular weight excluding hydrogens is 244 g/mol. The molecule has 3 rings (SSSR count). The van der Waals surface area contributed by atoms with Gasteiger partial charge in [-0.15, -0.1) is 0 Å². The van der Waals surface area contributed by atoms with Crippen LogP contribution in [0, 0.1) is 5.92 Å². The van der Waals surface area contributed by atoms with Crippen LogP contribution >= 0.6 is 0 Å². The number of esters is 1. The van der Waals surface area contributed by atoms with Gasteiger partial charge in [-0.2, -0.15) is 0 Å². The summed E-state index contributed by atoms with van der Waals surface area (Å²) in [7, 11) is 0. The molecule has 19 heavy (non-hydrogen) atoms. The minimum absolute atomic E-state index is 0.122. The van der Waals surface area contributed by atoms with Crippen molar-refractivity contribution < 1.29 is 9.53 Å². The van der Waals surface area contributed by atoms with Crippen molar-refractivity contribution in [1.82, 2.24) is 4.98 Å². The number of hydrogen-bond acceptors (Lipinski definition) is 6. The van der Waals surface area contributed by atoms with Gasteiger partial charge in [0, 0.05) is 32.0 Å². The third kappa shape index (κ3) is 2.12. The van der Waals surface area contributed by atoms with Gasteiger partial charge >= 0.3 is 5.97 Å². The number of anilines is 2. The molecule has 102 valence electrons. The fourth-order valence-electron chi connectivity index (χ4n) is 2.91. The van der Waals surface area contributed by atoms with Gasteiger partial charge in [0.25, 0.3) is 0 Å². The Labute approximate surface area is 111 Å². The molecule has 3 atom stereocenters. The van der Waals surface area contributed by atoms with E-state index in [2.05, 4.69) is 15.6 Å². The lowest BCUT2D eigenvalue weighted by atomic mass is 9.71. The molecule has 1 aliphatic carbocycles. The lowest BCUT2D eigenvalue weighted by Crippen LogP contribution is -2.64. The van der Waals surface area contributed by atoms with Crippen LogP contribution < -0.4 is 16.4 Å². The molecule has 2 aliphatic rings. The first-order valence-electron chi connectivity index (χ1n) is 6.51. The number of fused-ring (bicyclic) bond motifs is 1. The van der Waals surface area contributed by atoms with E-state index in [-0.39, 0.29) is 17.9 Å². The Balaban J connectivity index is 1.73. The normalized spacial score (nSPS) is 32.3. The Morgan fingerprint density at radius 1 is 1.58 bits per heavy atom. The molecule has 3 unspecified atom stereocenters. The van der Waals surface area contributed by atoms with Gasteiger partial charge in [-0.3, -0.25) is 15.5 Å². The number of carbonyl (C=O) groups excluding carboxylic acids is 1. The van der Waals surface area contributed by atoms with Crippen molar-refractivity contribution >= 4 is 17.3 Å². The lowest BCUT2D eigenvalue weighted by Gasteiger charge is -2.50. The maximum atomic E-state index is 11.1. The van der Waals surface area contributed by atoms with Crippen molar-refractivity contribution in [2.75, 3.05) is 17.2 Å². The first kappa shape index (κ1) is 12.2. The van der Waals surface area contributed by atoms with E-state index in [0.29, 0.717) is 0 Å². The molecule has 2 heterocycles. The zero-order valence-corrected chi connectivity index (χ0v) is 10.8. The molecule has 4 N–H and O–H groups in total. The summed E-state index contributed by atoms with van der Waals surface area (Å²) < 4.78 is 5.28. The third-order valence-corrected chi connectivity index (χ3v) is 3.97. The van der Waals surface area contributed by atoms with E-state index in [0.717, 1.165) is 30.8 Å². The number of hydrogen-bond donors (Lipinski definition) is 3. The van der Waals surface area contributed by atoms with Crippen molar-refractivity contribution in [1.29, 1.82) is 0 Å². The predicted molar refractivity (Wildman–Crippen MR) is 71.5 cm³/mol. The molecule has 0 radical (unpaired) electrons. The lowest BCUT2D eigenvalue weighted by molar-refractivity contribution is -0.179. The number of carbonyl (C=O) groups is 1. The van der Waals surface area contributed by atoms with Gasteiger partial charge in [-0.1, -0.05) is 0 Å². The maximum absolute atomic E-state index is 11.1. The highest BCUT2D eigenvalue weighted by Gasteiger charge is 2.51. The summed E-state index contributed by atoms with van der Waals surface area (Å²) in [6, 6.07) is 2.08. The highest BCUT2D eigenvalue weighted by atomic mass is 16.6. The molecule has 1 aromatic heterocycles. The second-order valence-electron chi connectivity index (χ2n) is 5.25. The summed E-state index contributed by atoms with van der Waals surface area (Å²) in [6.45, 7) is 2.16. The van der Waals surface area contributed by atoms with Crippen molar-refractivity contribution in [2.24, 2.45) is 11.7 Å². The van der Waals surface area contributed by atoms with Gasteiger partial charge in [0.05, 0.1) is 23.6 Å². The number of aromatic nitrogens is 1. The Kier molecular flexibility index (Phi) is 2.82. The van der Waals surface area contributed by atoms with Crippen LogP contribution in [0.25, 0.3) is 0 Å². The molecule has 1 aromatic rings. The highest BCUT2D eigenvalue weighted by Crippen LogP contribution is 2.42. The molecule has 0 spiro atoms. The summed E-state index contributed by atoms with van der Waals surface area (Å²) in [6.07, 6.45) is 5.22. The van der Waals surface area contributed by atoms with E-state index in [1.165, 1.54) is 6.92 Å². The smallest absolute Gasteiger partial charge is 0.304 e. The summed E-state index contributed by atoms with van der Waals surface area (Å²) in [5.74, 6) is -0.199. The highest BCUT2D eigenvalue weighted by molar-refractivity contribution is 5.70. The number of nitrogens with zero attached hydrogens (tertiary/aromatic N) is 1. The van der Waals surface area contributed by atoms with Gasteiger partial charge in [0.15, 0.2) is 5.72 Å². The van der Waals surface area contributed by atoms with Crippen LogP contribution in [0.5, 0.6) is 0 Å². The SMILES string of the molecule is CC(=O)OC1(N)CCC1C1CNc2ccncc2N1. The topological polar surface area (TPSA) is 89.3 Å². The Morgan fingerprint density at radius 2 is 2.42 bits per heavy atom. The van der Waals surface area contributed by atoms with E-state index >= 15 is 0 Å². The summed E-state index contributed by atoms with van der Waals surface area (Å²) >= 11 is 0. The van der Waals surface area contributed by atoms with Crippen molar-refractivity contribution in [3.05, 3.63) is 18.5 Å². The summed E-state index contributed by atoms with van der Waals surface area (Å²) in [5, 5.41) is 6.79. The number of ether oxygens (including phenoxy) is 1. The van der Waals surface area contributed by atoms with Gasteiger partial charge in [0.2, 0.25) is 0 Å². The first-order chi connectivity index (χ1) is 9.08. The van der Waals surface area contributed by atoms with E-state index in [4.69, 9.17) is 10.5 Å². The Bertz CT molecular complexity index is 507. The molecule has 0 aromatic carbocycles. The van der Waals surface area contributed by atoms with E-state index in [9.17, 15) is 4.79 Å². The minimum Gasteiger partial charge on any atom is -0.444 e.